The number of pyridine rings is 1. The fourth-order valence-electron chi connectivity index (χ4n) is 3.45. The first-order chi connectivity index (χ1) is 15.4. The highest BCUT2D eigenvalue weighted by Gasteiger charge is 2.18. The molecule has 33 heavy (non-hydrogen) atoms. The van der Waals surface area contributed by atoms with E-state index in [1.54, 1.807) is 0 Å². The van der Waals surface area contributed by atoms with Crippen LogP contribution in [0.1, 0.15) is 61.2 Å². The zero-order valence-electron chi connectivity index (χ0n) is 21.6. The molecule has 0 aliphatic rings. The Morgan fingerprint density at radius 3 is 2.30 bits per heavy atom. The van der Waals surface area contributed by atoms with Crippen LogP contribution in [0.15, 0.2) is 42.5 Å². The molecule has 2 rings (SSSR count). The Morgan fingerprint density at radius 2 is 1.76 bits per heavy atom. The summed E-state index contributed by atoms with van der Waals surface area (Å²) in [6, 6.07) is 6.13. The van der Waals surface area contributed by atoms with E-state index in [-0.39, 0.29) is 16.4 Å². The van der Waals surface area contributed by atoms with Gasteiger partial charge in [0, 0.05) is 12.7 Å². The van der Waals surface area contributed by atoms with Gasteiger partial charge in [-0.1, -0.05) is 33.8 Å². The first kappa shape index (κ1) is 28.5. The molecular formula is C27H40N4OS. The van der Waals surface area contributed by atoms with Crippen LogP contribution in [0.5, 0.6) is 5.75 Å². The number of aryl methyl sites for hydroxylation is 3. The topological polar surface area (TPSA) is 63.7 Å². The molecule has 2 aromatic rings. The minimum absolute atomic E-state index is 0.0213. The summed E-state index contributed by atoms with van der Waals surface area (Å²) in [4.78, 5) is 11.1. The highest BCUT2D eigenvalue weighted by Crippen LogP contribution is 2.26. The number of nitrogens with two attached hydrogens (primary N) is 1. The molecule has 0 aliphatic carbocycles. The van der Waals surface area contributed by atoms with Crippen molar-refractivity contribution >= 4 is 23.2 Å². The lowest BCUT2D eigenvalue weighted by molar-refractivity contribution is 0.357. The van der Waals surface area contributed by atoms with Crippen LogP contribution in [-0.4, -0.2) is 41.0 Å². The first-order valence-electron chi connectivity index (χ1n) is 11.2. The minimum Gasteiger partial charge on any atom is -0.430 e. The maximum Gasteiger partial charge on any atom is 0.290 e. The molecule has 1 aromatic carbocycles. The van der Waals surface area contributed by atoms with Gasteiger partial charge in [0.25, 0.3) is 5.17 Å². The Labute approximate surface area is 205 Å². The van der Waals surface area contributed by atoms with E-state index in [1.165, 1.54) is 16.7 Å². The van der Waals surface area contributed by atoms with Crippen molar-refractivity contribution < 1.29 is 4.74 Å². The van der Waals surface area contributed by atoms with E-state index in [1.807, 2.05) is 25.3 Å². The third-order valence-electron chi connectivity index (χ3n) is 5.53. The Morgan fingerprint density at radius 1 is 1.12 bits per heavy atom. The number of thiocarbonyl (C=S) groups is 1. The van der Waals surface area contributed by atoms with Gasteiger partial charge in [0.15, 0.2) is 5.84 Å². The molecular weight excluding hydrogens is 428 g/mol. The maximum atomic E-state index is 6.17. The molecule has 180 valence electrons. The Hall–Kier alpha value is -2.57. The van der Waals surface area contributed by atoms with E-state index in [2.05, 4.69) is 82.7 Å². The van der Waals surface area contributed by atoms with Crippen molar-refractivity contribution in [3.05, 3.63) is 71.1 Å². The SMILES string of the molecule is C=C.CCN(C)CCc1cc(C)c(OC(=S)/N=C(\N)c2cc(C)c(C(C)(C)C)cn2)cc1C. The van der Waals surface area contributed by atoms with Crippen LogP contribution >= 0.6 is 12.2 Å². The fourth-order valence-corrected chi connectivity index (χ4v) is 3.64. The van der Waals surface area contributed by atoms with Gasteiger partial charge in [-0.2, -0.15) is 4.99 Å². The molecule has 0 radical (unpaired) electrons. The van der Waals surface area contributed by atoms with Crippen molar-refractivity contribution in [1.29, 1.82) is 0 Å². The average molecular weight is 469 g/mol. The molecule has 0 atom stereocenters. The summed E-state index contributed by atoms with van der Waals surface area (Å²) in [5, 5.41) is 0.0813. The monoisotopic (exact) mass is 468 g/mol. The molecule has 0 spiro atoms. The maximum absolute atomic E-state index is 6.17. The number of rotatable bonds is 6. The first-order valence-corrected chi connectivity index (χ1v) is 11.6. The van der Waals surface area contributed by atoms with Crippen molar-refractivity contribution in [1.82, 2.24) is 9.88 Å². The Bertz CT molecular complexity index is 992. The second-order valence-corrected chi connectivity index (χ2v) is 9.54. The number of aliphatic imine (C=N–C) groups is 1. The molecule has 0 amide bonds. The molecule has 6 heteroatoms. The molecule has 0 bridgehead atoms. The zero-order valence-corrected chi connectivity index (χ0v) is 22.4. The molecule has 2 N–H and O–H groups in total. The summed E-state index contributed by atoms with van der Waals surface area (Å²) in [5.41, 5.74) is 12.6. The van der Waals surface area contributed by atoms with Gasteiger partial charge < -0.3 is 15.4 Å². The number of likely N-dealkylation sites (N-methyl/N-ethyl adjacent to an activating group) is 1. The third kappa shape index (κ3) is 8.37. The van der Waals surface area contributed by atoms with Gasteiger partial charge in [-0.05, 0) is 98.4 Å². The number of hydrogen-bond donors (Lipinski definition) is 1. The molecule has 0 unspecified atom stereocenters. The zero-order chi connectivity index (χ0) is 25.3. The molecule has 0 aliphatic heterocycles. The Kier molecular flexibility index (Phi) is 10.9. The highest BCUT2D eigenvalue weighted by molar-refractivity contribution is 7.80. The van der Waals surface area contributed by atoms with Crippen molar-refractivity contribution in [2.45, 2.75) is 60.3 Å². The molecule has 0 saturated carbocycles. The second-order valence-electron chi connectivity index (χ2n) is 9.19. The van der Waals surface area contributed by atoms with Gasteiger partial charge in [0.2, 0.25) is 0 Å². The smallest absolute Gasteiger partial charge is 0.290 e. The molecule has 1 aromatic heterocycles. The van der Waals surface area contributed by atoms with Gasteiger partial charge in [-0.25, -0.2) is 0 Å². The lowest BCUT2D eigenvalue weighted by Gasteiger charge is -2.21. The minimum atomic E-state index is 0.0213. The van der Waals surface area contributed by atoms with Crippen molar-refractivity contribution in [2.75, 3.05) is 20.1 Å². The van der Waals surface area contributed by atoms with Crippen LogP contribution in [0, 0.1) is 20.8 Å². The number of aromatic nitrogens is 1. The van der Waals surface area contributed by atoms with Crippen LogP contribution in [0.4, 0.5) is 0 Å². The van der Waals surface area contributed by atoms with E-state index < -0.39 is 0 Å². The molecule has 1 heterocycles. The van der Waals surface area contributed by atoms with E-state index in [0.29, 0.717) is 11.4 Å². The number of amidine groups is 1. The van der Waals surface area contributed by atoms with Crippen LogP contribution in [0.3, 0.4) is 0 Å². The predicted octanol–water partition coefficient (Wildman–Crippen LogP) is 5.67. The fraction of sp³-hybridized carbons (Fsp3) is 0.444. The number of benzene rings is 1. The summed E-state index contributed by atoms with van der Waals surface area (Å²) < 4.78 is 5.85. The van der Waals surface area contributed by atoms with E-state index in [0.717, 1.165) is 30.6 Å². The van der Waals surface area contributed by atoms with Crippen molar-refractivity contribution in [3.63, 3.8) is 0 Å². The van der Waals surface area contributed by atoms with Gasteiger partial charge in [0.05, 0.1) is 0 Å². The van der Waals surface area contributed by atoms with E-state index in [9.17, 15) is 0 Å². The lowest BCUT2D eigenvalue weighted by atomic mass is 9.85. The standard InChI is InChI=1S/C25H36N4OS.C2H4/c1-9-29(8)11-10-19-12-18(4)22(14-16(19)2)30-24(31)28-23(26)21-13-17(3)20(15-27-21)25(5,6)7;1-2/h12-15H,9-11H2,1-8H3,(H2,26,28,31);1-2H2. The van der Waals surface area contributed by atoms with Crippen LogP contribution in [-0.2, 0) is 11.8 Å². The number of ether oxygens (including phenoxy) is 1. The summed E-state index contributed by atoms with van der Waals surface area (Å²) in [6.07, 6.45) is 2.86. The third-order valence-corrected chi connectivity index (χ3v) is 5.70. The number of hydrogen-bond acceptors (Lipinski definition) is 4. The van der Waals surface area contributed by atoms with Gasteiger partial charge in [-0.15, -0.1) is 13.2 Å². The van der Waals surface area contributed by atoms with Crippen molar-refractivity contribution in [2.24, 2.45) is 10.7 Å². The van der Waals surface area contributed by atoms with E-state index >= 15 is 0 Å². The van der Waals surface area contributed by atoms with Crippen LogP contribution in [0.2, 0.25) is 0 Å². The predicted molar refractivity (Wildman–Crippen MR) is 146 cm³/mol. The van der Waals surface area contributed by atoms with E-state index in [4.69, 9.17) is 22.7 Å². The summed E-state index contributed by atoms with van der Waals surface area (Å²) in [5.74, 6) is 0.959. The largest absolute Gasteiger partial charge is 0.430 e. The normalized spacial score (nSPS) is 11.7. The van der Waals surface area contributed by atoms with Crippen LogP contribution < -0.4 is 10.5 Å². The summed E-state index contributed by atoms with van der Waals surface area (Å²) in [7, 11) is 2.13. The second kappa shape index (κ2) is 12.6. The van der Waals surface area contributed by atoms with Gasteiger partial charge >= 0.3 is 0 Å². The van der Waals surface area contributed by atoms with Gasteiger partial charge in [-0.3, -0.25) is 4.98 Å². The number of nitrogens with zero attached hydrogens (tertiary/aromatic N) is 3. The molecule has 0 saturated heterocycles. The summed E-state index contributed by atoms with van der Waals surface area (Å²) in [6.45, 7) is 22.9. The van der Waals surface area contributed by atoms with Crippen LogP contribution in [0.25, 0.3) is 0 Å². The van der Waals surface area contributed by atoms with Gasteiger partial charge in [0.1, 0.15) is 11.4 Å². The Balaban J connectivity index is 0.00000265. The van der Waals surface area contributed by atoms with Crippen molar-refractivity contribution in [3.8, 4) is 5.75 Å². The molecule has 0 fully saturated rings. The quantitative estimate of drug-likeness (QED) is 0.256. The lowest BCUT2D eigenvalue weighted by Crippen LogP contribution is -2.21. The highest BCUT2D eigenvalue weighted by atomic mass is 32.1. The average Bonchev–Trinajstić information content (AvgIpc) is 2.75. The summed E-state index contributed by atoms with van der Waals surface area (Å²) >= 11 is 5.34. The molecule has 5 nitrogen and oxygen atoms in total.